The zero-order valence-electron chi connectivity index (χ0n) is 30.9. The van der Waals surface area contributed by atoms with Crippen molar-refractivity contribution in [3.05, 3.63) is 22.3 Å². The molecule has 0 saturated heterocycles. The smallest absolute Gasteiger partial charge is 0.306 e. The van der Waals surface area contributed by atoms with Crippen molar-refractivity contribution in [2.45, 2.75) is 148 Å². The molecule has 0 bridgehead atoms. The Balaban J connectivity index is 1.99. The minimum absolute atomic E-state index is 0.00897. The average Bonchev–Trinajstić information content (AvgIpc) is 3.31. The Bertz CT molecular complexity index is 1530. The Hall–Kier alpha value is -3.88. The van der Waals surface area contributed by atoms with Crippen LogP contribution >= 0.6 is 0 Å². The molecule has 0 spiro atoms. The van der Waals surface area contributed by atoms with Gasteiger partial charge in [-0.15, -0.1) is 0 Å². The Kier molecular flexibility index (Phi) is 15.5. The molecule has 14 nitrogen and oxygen atoms in total. The number of nitrogens with zero attached hydrogens (tertiary/aromatic N) is 1. The predicted octanol–water partition coefficient (Wildman–Crippen LogP) is 3.85. The molecule has 2 amide bonds. The fourth-order valence-corrected chi connectivity index (χ4v) is 7.28. The maximum absolute atomic E-state index is 13.5. The molecule has 0 aromatic heterocycles. The van der Waals surface area contributed by atoms with Crippen LogP contribution < -0.4 is 25.8 Å². The van der Waals surface area contributed by atoms with Gasteiger partial charge >= 0.3 is 11.9 Å². The molecule has 0 aliphatic carbocycles. The second kappa shape index (κ2) is 18.4. The van der Waals surface area contributed by atoms with Crippen molar-refractivity contribution in [3.8, 4) is 5.75 Å². The maximum Gasteiger partial charge on any atom is 0.306 e. The molecule has 1 aliphatic rings. The van der Waals surface area contributed by atoms with E-state index in [-0.39, 0.29) is 61.5 Å². The molecule has 0 saturated carbocycles. The number of carboxylic acid groups (broad SMARTS) is 1. The van der Waals surface area contributed by atoms with Gasteiger partial charge in [0.2, 0.25) is 17.8 Å². The Morgan fingerprint density at radius 1 is 0.960 bits per heavy atom. The summed E-state index contributed by atoms with van der Waals surface area (Å²) in [4.78, 5) is 52.7. The molecular weight excluding hydrogens is 666 g/mol. The first-order valence-corrected chi connectivity index (χ1v) is 18.8. The molecule has 15 heteroatoms. The molecule has 0 fully saturated rings. The number of nitrogens with one attached hydrogen (secondary N) is 3. The van der Waals surface area contributed by atoms with E-state index in [0.29, 0.717) is 56.1 Å². The number of fused-ring (bicyclic) bond motifs is 1. The number of aliphatic imine (C=N–C) groups is 1. The minimum Gasteiger partial charge on any atom is -0.487 e. The van der Waals surface area contributed by atoms with E-state index in [1.165, 1.54) is 0 Å². The number of hydrogen-bond donors (Lipinski definition) is 5. The highest BCUT2D eigenvalue weighted by Crippen LogP contribution is 2.43. The number of carbonyl (C=O) groups is 4. The number of carboxylic acids is 1. The topological polar surface area (TPSA) is 216 Å². The van der Waals surface area contributed by atoms with Crippen molar-refractivity contribution >= 4 is 39.7 Å². The molecule has 282 valence electrons. The van der Waals surface area contributed by atoms with Gasteiger partial charge in [-0.2, -0.15) is 0 Å². The number of hydrogen-bond acceptors (Lipinski definition) is 9. The fraction of sp³-hybridized carbons (Fsp3) is 0.686. The lowest BCUT2D eigenvalue weighted by molar-refractivity contribution is -0.155. The van der Waals surface area contributed by atoms with Gasteiger partial charge in [-0.05, 0) is 111 Å². The third-order valence-electron chi connectivity index (χ3n) is 8.21. The van der Waals surface area contributed by atoms with Crippen molar-refractivity contribution < 1.29 is 42.2 Å². The van der Waals surface area contributed by atoms with Gasteiger partial charge in [-0.3, -0.25) is 24.2 Å². The van der Waals surface area contributed by atoms with Crippen LogP contribution in [0.3, 0.4) is 0 Å². The second-order valence-electron chi connectivity index (χ2n) is 14.5. The Labute approximate surface area is 296 Å². The molecular formula is C35H57N5O9S. The SMILES string of the molecule is Cc1c(C)c(S(=O)(=O)NC(N)=NCCC[C@H](NC(=O)CCCCCC(=O)OC(C)(C)C)C(=O)NCCCCC(=O)O)c(C)c2c1OC(C)(C)C2. The quantitative estimate of drug-likeness (QED) is 0.0601. The van der Waals surface area contributed by atoms with E-state index in [2.05, 4.69) is 20.3 Å². The number of aliphatic carboxylic acids is 1. The molecule has 0 radical (unpaired) electrons. The third kappa shape index (κ3) is 13.8. The lowest BCUT2D eigenvalue weighted by Crippen LogP contribution is -2.47. The van der Waals surface area contributed by atoms with Gasteiger partial charge in [0.25, 0.3) is 10.0 Å². The summed E-state index contributed by atoms with van der Waals surface area (Å²) < 4.78 is 40.7. The zero-order chi connectivity index (χ0) is 37.9. The molecule has 1 atom stereocenters. The number of guanidine groups is 1. The largest absolute Gasteiger partial charge is 0.487 e. The van der Waals surface area contributed by atoms with Crippen LogP contribution in [0.1, 0.15) is 121 Å². The highest BCUT2D eigenvalue weighted by atomic mass is 32.2. The molecule has 50 heavy (non-hydrogen) atoms. The van der Waals surface area contributed by atoms with Gasteiger partial charge in [-0.1, -0.05) is 6.42 Å². The van der Waals surface area contributed by atoms with E-state index in [9.17, 15) is 27.6 Å². The molecule has 1 aliphatic heterocycles. The van der Waals surface area contributed by atoms with Crippen LogP contribution in [0.2, 0.25) is 0 Å². The van der Waals surface area contributed by atoms with Crippen LogP contribution in [-0.2, 0) is 40.4 Å². The molecule has 2 rings (SSSR count). The minimum atomic E-state index is -4.08. The van der Waals surface area contributed by atoms with Crippen molar-refractivity contribution in [3.63, 3.8) is 0 Å². The van der Waals surface area contributed by atoms with E-state index in [1.807, 2.05) is 20.8 Å². The molecule has 0 unspecified atom stereocenters. The van der Waals surface area contributed by atoms with Gasteiger partial charge < -0.3 is 30.9 Å². The summed E-state index contributed by atoms with van der Waals surface area (Å²) in [5, 5.41) is 14.3. The van der Waals surface area contributed by atoms with E-state index in [4.69, 9.17) is 20.3 Å². The first kappa shape index (κ1) is 42.3. The van der Waals surface area contributed by atoms with Crippen molar-refractivity contribution in [2.24, 2.45) is 10.7 Å². The van der Waals surface area contributed by atoms with Crippen LogP contribution in [0.15, 0.2) is 9.89 Å². The standard InChI is InChI=1S/C35H57N5O9S/c1-22-23(2)31(24(3)25-21-35(7,8)49-30(22)25)50(46,47)40-33(36)38-20-14-15-26(32(45)37-19-13-12-17-28(42)43)39-27(41)16-10-9-11-18-29(44)48-34(4,5)6/h26H,9-21H2,1-8H3,(H,37,45)(H,39,41)(H,42,43)(H3,36,38,40)/t26-/m0/s1. The summed E-state index contributed by atoms with van der Waals surface area (Å²) in [5.74, 6) is -1.53. The third-order valence-corrected chi connectivity index (χ3v) is 9.83. The Morgan fingerprint density at radius 3 is 2.24 bits per heavy atom. The monoisotopic (exact) mass is 723 g/mol. The number of sulfonamides is 1. The summed E-state index contributed by atoms with van der Waals surface area (Å²) in [7, 11) is -4.08. The van der Waals surface area contributed by atoms with Gasteiger partial charge in [0.05, 0.1) is 4.90 Å². The summed E-state index contributed by atoms with van der Waals surface area (Å²) in [6.07, 6.45) is 4.07. The number of esters is 1. The van der Waals surface area contributed by atoms with Gasteiger partial charge in [-0.25, -0.2) is 13.1 Å². The van der Waals surface area contributed by atoms with E-state index >= 15 is 0 Å². The summed E-state index contributed by atoms with van der Waals surface area (Å²) in [6.45, 7) is 15.0. The van der Waals surface area contributed by atoms with E-state index in [1.54, 1.807) is 34.6 Å². The molecule has 1 aromatic rings. The number of rotatable bonds is 19. The first-order valence-electron chi connectivity index (χ1n) is 17.3. The van der Waals surface area contributed by atoms with Crippen LogP contribution in [0, 0.1) is 20.8 Å². The van der Waals surface area contributed by atoms with Crippen molar-refractivity contribution in [1.82, 2.24) is 15.4 Å². The second-order valence-corrected chi connectivity index (χ2v) is 16.1. The lowest BCUT2D eigenvalue weighted by Gasteiger charge is -2.19. The van der Waals surface area contributed by atoms with Gasteiger partial charge in [0.1, 0.15) is 23.0 Å². The molecule has 6 N–H and O–H groups in total. The lowest BCUT2D eigenvalue weighted by atomic mass is 9.94. The van der Waals surface area contributed by atoms with Gasteiger partial charge in [0, 0.05) is 44.3 Å². The number of unbranched alkanes of at least 4 members (excludes halogenated alkanes) is 3. The van der Waals surface area contributed by atoms with E-state index < -0.39 is 39.1 Å². The molecule has 1 aromatic carbocycles. The van der Waals surface area contributed by atoms with Crippen molar-refractivity contribution in [1.29, 1.82) is 0 Å². The fourth-order valence-electron chi connectivity index (χ4n) is 5.76. The summed E-state index contributed by atoms with van der Waals surface area (Å²) in [6, 6.07) is -0.886. The van der Waals surface area contributed by atoms with E-state index in [0.717, 1.165) is 16.9 Å². The first-order chi connectivity index (χ1) is 23.1. The van der Waals surface area contributed by atoms with Crippen LogP contribution in [-0.4, -0.2) is 73.6 Å². The number of carbonyl (C=O) groups excluding carboxylic acids is 3. The van der Waals surface area contributed by atoms with Crippen LogP contribution in [0.5, 0.6) is 5.75 Å². The molecule has 1 heterocycles. The van der Waals surface area contributed by atoms with Crippen LogP contribution in [0.25, 0.3) is 0 Å². The number of nitrogens with two attached hydrogens (primary N) is 1. The summed E-state index contributed by atoms with van der Waals surface area (Å²) in [5.41, 5.74) is 7.77. The Morgan fingerprint density at radius 2 is 1.60 bits per heavy atom. The zero-order valence-corrected chi connectivity index (χ0v) is 31.7. The number of benzene rings is 1. The maximum atomic E-state index is 13.5. The van der Waals surface area contributed by atoms with Crippen molar-refractivity contribution in [2.75, 3.05) is 13.1 Å². The highest BCUT2D eigenvalue weighted by molar-refractivity contribution is 7.90. The van der Waals surface area contributed by atoms with Gasteiger partial charge in [0.15, 0.2) is 0 Å². The highest BCUT2D eigenvalue weighted by Gasteiger charge is 2.36. The number of amides is 2. The normalized spacial score (nSPS) is 14.7. The average molecular weight is 724 g/mol. The number of ether oxygens (including phenoxy) is 2. The van der Waals surface area contributed by atoms with Crippen LogP contribution in [0.4, 0.5) is 0 Å². The predicted molar refractivity (Wildman–Crippen MR) is 190 cm³/mol. The summed E-state index contributed by atoms with van der Waals surface area (Å²) >= 11 is 0.